The van der Waals surface area contributed by atoms with Gasteiger partial charge in [0, 0.05) is 25.0 Å². The highest BCUT2D eigenvalue weighted by Gasteiger charge is 2.26. The Morgan fingerprint density at radius 1 is 1.09 bits per heavy atom. The van der Waals surface area contributed by atoms with Crippen LogP contribution < -0.4 is 10.1 Å². The Morgan fingerprint density at radius 2 is 1.83 bits per heavy atom. The summed E-state index contributed by atoms with van der Waals surface area (Å²) in [5, 5.41) is 3.23. The van der Waals surface area contributed by atoms with Crippen LogP contribution in [0.5, 0.6) is 5.75 Å². The molecule has 1 aromatic heterocycles. The highest BCUT2D eigenvalue weighted by Crippen LogP contribution is 2.20. The number of carbonyl (C=O) groups excluding carboxylic acids is 1. The van der Waals surface area contributed by atoms with E-state index in [0.29, 0.717) is 12.6 Å². The Bertz CT molecular complexity index is 486. The lowest BCUT2D eigenvalue weighted by Crippen LogP contribution is -2.50. The SMILES string of the molecule is O=C(NC1CCCCCC1)N1CCCC(Oc2ccncc2)C1. The number of likely N-dealkylation sites (tertiary alicyclic amines) is 1. The minimum absolute atomic E-state index is 0.0750. The number of nitrogens with one attached hydrogen (secondary N) is 1. The third-order valence-corrected chi connectivity index (χ3v) is 4.80. The molecule has 2 heterocycles. The number of piperidine rings is 1. The van der Waals surface area contributed by atoms with Gasteiger partial charge in [0.2, 0.25) is 0 Å². The predicted octanol–water partition coefficient (Wildman–Crippen LogP) is 3.36. The van der Waals surface area contributed by atoms with Crippen LogP contribution >= 0.6 is 0 Å². The van der Waals surface area contributed by atoms with Crippen LogP contribution in [0.15, 0.2) is 24.5 Å². The normalized spacial score (nSPS) is 23.1. The van der Waals surface area contributed by atoms with Crippen molar-refractivity contribution in [2.24, 2.45) is 0 Å². The van der Waals surface area contributed by atoms with E-state index in [4.69, 9.17) is 4.74 Å². The molecule has 5 nitrogen and oxygen atoms in total. The first-order valence-electron chi connectivity index (χ1n) is 8.93. The Morgan fingerprint density at radius 3 is 2.57 bits per heavy atom. The van der Waals surface area contributed by atoms with Crippen molar-refractivity contribution in [2.45, 2.75) is 63.5 Å². The molecule has 1 N–H and O–H groups in total. The van der Waals surface area contributed by atoms with Crippen molar-refractivity contribution in [1.29, 1.82) is 0 Å². The van der Waals surface area contributed by atoms with Gasteiger partial charge < -0.3 is 15.0 Å². The number of aromatic nitrogens is 1. The topological polar surface area (TPSA) is 54.5 Å². The summed E-state index contributed by atoms with van der Waals surface area (Å²) in [4.78, 5) is 18.4. The van der Waals surface area contributed by atoms with Gasteiger partial charge in [0.15, 0.2) is 0 Å². The first-order valence-corrected chi connectivity index (χ1v) is 8.93. The summed E-state index contributed by atoms with van der Waals surface area (Å²) in [5.74, 6) is 0.830. The van der Waals surface area contributed by atoms with Crippen molar-refractivity contribution in [2.75, 3.05) is 13.1 Å². The van der Waals surface area contributed by atoms with Crippen LogP contribution in [0.3, 0.4) is 0 Å². The van der Waals surface area contributed by atoms with Crippen LogP contribution in [0.1, 0.15) is 51.4 Å². The van der Waals surface area contributed by atoms with Crippen LogP contribution in [0.4, 0.5) is 4.79 Å². The molecule has 126 valence electrons. The summed E-state index contributed by atoms with van der Waals surface area (Å²) in [6.07, 6.45) is 12.8. The van der Waals surface area contributed by atoms with E-state index in [2.05, 4.69) is 10.3 Å². The standard InChI is InChI=1S/C18H27N3O2/c22-18(20-15-6-3-1-2-4-7-15)21-13-5-8-17(14-21)23-16-9-11-19-12-10-16/h9-12,15,17H,1-8,13-14H2,(H,20,22). The van der Waals surface area contributed by atoms with E-state index < -0.39 is 0 Å². The molecule has 1 aromatic rings. The summed E-state index contributed by atoms with van der Waals surface area (Å²) in [6, 6.07) is 4.17. The lowest BCUT2D eigenvalue weighted by molar-refractivity contribution is 0.0997. The third kappa shape index (κ3) is 4.85. The van der Waals surface area contributed by atoms with Gasteiger partial charge in [-0.3, -0.25) is 4.98 Å². The fourth-order valence-electron chi connectivity index (χ4n) is 3.52. The molecule has 23 heavy (non-hydrogen) atoms. The Hall–Kier alpha value is -1.78. The molecule has 2 aliphatic rings. The van der Waals surface area contributed by atoms with Crippen molar-refractivity contribution >= 4 is 6.03 Å². The zero-order valence-electron chi connectivity index (χ0n) is 13.7. The summed E-state index contributed by atoms with van der Waals surface area (Å²) < 4.78 is 5.98. The molecule has 0 aromatic carbocycles. The monoisotopic (exact) mass is 317 g/mol. The molecule has 1 unspecified atom stereocenters. The van der Waals surface area contributed by atoms with E-state index in [1.165, 1.54) is 25.7 Å². The number of amides is 2. The number of rotatable bonds is 3. The third-order valence-electron chi connectivity index (χ3n) is 4.80. The number of hydrogen-bond acceptors (Lipinski definition) is 3. The summed E-state index contributed by atoms with van der Waals surface area (Å²) >= 11 is 0. The predicted molar refractivity (Wildman–Crippen MR) is 89.5 cm³/mol. The van der Waals surface area contributed by atoms with Gasteiger partial charge in [-0.25, -0.2) is 4.79 Å². The minimum atomic E-state index is 0.0750. The summed E-state index contributed by atoms with van der Waals surface area (Å²) in [7, 11) is 0. The Kier molecular flexibility index (Phi) is 5.72. The zero-order chi connectivity index (χ0) is 15.9. The van der Waals surface area contributed by atoms with Crippen LogP contribution in [-0.4, -0.2) is 41.2 Å². The Balaban J connectivity index is 1.50. The fraction of sp³-hybridized carbons (Fsp3) is 0.667. The molecule has 1 atom stereocenters. The maximum absolute atomic E-state index is 12.5. The number of pyridine rings is 1. The average Bonchev–Trinajstić information content (AvgIpc) is 2.85. The summed E-state index contributed by atoms with van der Waals surface area (Å²) in [5.41, 5.74) is 0. The molecule has 1 aliphatic heterocycles. The van der Waals surface area contributed by atoms with Gasteiger partial charge in [-0.1, -0.05) is 25.7 Å². The number of carbonyl (C=O) groups is 1. The van der Waals surface area contributed by atoms with Crippen molar-refractivity contribution in [1.82, 2.24) is 15.2 Å². The number of urea groups is 1. The van der Waals surface area contributed by atoms with Crippen molar-refractivity contribution in [3.8, 4) is 5.75 Å². The zero-order valence-corrected chi connectivity index (χ0v) is 13.7. The van der Waals surface area contributed by atoms with E-state index in [9.17, 15) is 4.79 Å². The van der Waals surface area contributed by atoms with E-state index in [1.54, 1.807) is 12.4 Å². The fourth-order valence-corrected chi connectivity index (χ4v) is 3.52. The molecule has 1 saturated heterocycles. The first-order chi connectivity index (χ1) is 11.3. The molecular weight excluding hydrogens is 290 g/mol. The quantitative estimate of drug-likeness (QED) is 0.870. The molecule has 2 amide bonds. The second kappa shape index (κ2) is 8.18. The first kappa shape index (κ1) is 16.1. The van der Waals surface area contributed by atoms with E-state index >= 15 is 0 Å². The largest absolute Gasteiger partial charge is 0.488 e. The highest BCUT2D eigenvalue weighted by molar-refractivity contribution is 5.74. The van der Waals surface area contributed by atoms with E-state index in [-0.39, 0.29) is 12.1 Å². The molecule has 0 bridgehead atoms. The van der Waals surface area contributed by atoms with Crippen LogP contribution in [-0.2, 0) is 0 Å². The van der Waals surface area contributed by atoms with Gasteiger partial charge >= 0.3 is 6.03 Å². The van der Waals surface area contributed by atoms with Gasteiger partial charge in [-0.2, -0.15) is 0 Å². The van der Waals surface area contributed by atoms with Crippen LogP contribution in [0.25, 0.3) is 0 Å². The summed E-state index contributed by atoms with van der Waals surface area (Å²) in [6.45, 7) is 1.50. The smallest absolute Gasteiger partial charge is 0.317 e. The maximum Gasteiger partial charge on any atom is 0.317 e. The van der Waals surface area contributed by atoms with Gasteiger partial charge in [0.05, 0.1) is 6.54 Å². The minimum Gasteiger partial charge on any atom is -0.488 e. The van der Waals surface area contributed by atoms with Crippen molar-refractivity contribution < 1.29 is 9.53 Å². The second-order valence-electron chi connectivity index (χ2n) is 6.65. The van der Waals surface area contributed by atoms with Gasteiger partial charge in [-0.15, -0.1) is 0 Å². The maximum atomic E-state index is 12.5. The van der Waals surface area contributed by atoms with Crippen molar-refractivity contribution in [3.63, 3.8) is 0 Å². The lowest BCUT2D eigenvalue weighted by Gasteiger charge is -2.34. The van der Waals surface area contributed by atoms with E-state index in [1.807, 2.05) is 17.0 Å². The van der Waals surface area contributed by atoms with Gasteiger partial charge in [-0.05, 0) is 37.8 Å². The average molecular weight is 317 g/mol. The van der Waals surface area contributed by atoms with Crippen molar-refractivity contribution in [3.05, 3.63) is 24.5 Å². The molecule has 0 spiro atoms. The Labute approximate surface area is 138 Å². The molecule has 0 radical (unpaired) electrons. The highest BCUT2D eigenvalue weighted by atomic mass is 16.5. The van der Waals surface area contributed by atoms with Gasteiger partial charge in [0.25, 0.3) is 0 Å². The number of nitrogens with zero attached hydrogens (tertiary/aromatic N) is 2. The van der Waals surface area contributed by atoms with Crippen LogP contribution in [0, 0.1) is 0 Å². The second-order valence-corrected chi connectivity index (χ2v) is 6.65. The van der Waals surface area contributed by atoms with Gasteiger partial charge in [0.1, 0.15) is 11.9 Å². The lowest BCUT2D eigenvalue weighted by atomic mass is 10.1. The molecule has 3 rings (SSSR count). The molecular formula is C18H27N3O2. The number of hydrogen-bond donors (Lipinski definition) is 1. The molecule has 1 aliphatic carbocycles. The molecule has 2 fully saturated rings. The number of ether oxygens (including phenoxy) is 1. The van der Waals surface area contributed by atoms with Crippen LogP contribution in [0.2, 0.25) is 0 Å². The van der Waals surface area contributed by atoms with E-state index in [0.717, 1.165) is 38.0 Å². The molecule has 5 heteroatoms. The molecule has 1 saturated carbocycles.